The van der Waals surface area contributed by atoms with Gasteiger partial charge in [-0.1, -0.05) is 6.07 Å². The van der Waals surface area contributed by atoms with Crippen molar-refractivity contribution in [2.24, 2.45) is 5.73 Å². The molecular formula is C16H18FN3O3. The number of nitrogens with zero attached hydrogens (tertiary/aromatic N) is 1. The van der Waals surface area contributed by atoms with Crippen molar-refractivity contribution in [3.05, 3.63) is 54.0 Å². The topological polar surface area (TPSA) is 86.5 Å². The van der Waals surface area contributed by atoms with Gasteiger partial charge < -0.3 is 20.5 Å². The van der Waals surface area contributed by atoms with Gasteiger partial charge in [0.1, 0.15) is 17.6 Å². The van der Waals surface area contributed by atoms with E-state index in [4.69, 9.17) is 15.2 Å². The van der Waals surface area contributed by atoms with Crippen molar-refractivity contribution >= 4 is 5.91 Å². The highest BCUT2D eigenvalue weighted by Crippen LogP contribution is 2.19. The van der Waals surface area contributed by atoms with Crippen molar-refractivity contribution in [2.45, 2.75) is 12.6 Å². The Balaban J connectivity index is 1.87. The molecule has 0 saturated heterocycles. The number of nitrogens with one attached hydrogen (secondary N) is 1. The molecule has 3 N–H and O–H groups in total. The summed E-state index contributed by atoms with van der Waals surface area (Å²) < 4.78 is 23.1. The minimum atomic E-state index is -0.700. The van der Waals surface area contributed by atoms with Crippen LogP contribution in [0.4, 0.5) is 4.39 Å². The van der Waals surface area contributed by atoms with Gasteiger partial charge in [-0.2, -0.15) is 0 Å². The lowest BCUT2D eigenvalue weighted by Gasteiger charge is -2.11. The predicted octanol–water partition coefficient (Wildman–Crippen LogP) is 1.60. The van der Waals surface area contributed by atoms with E-state index < -0.39 is 6.04 Å². The zero-order chi connectivity index (χ0) is 16.7. The second-order valence-corrected chi connectivity index (χ2v) is 4.84. The first-order chi connectivity index (χ1) is 11.1. The first-order valence-electron chi connectivity index (χ1n) is 6.99. The number of amides is 1. The number of rotatable bonds is 7. The molecule has 0 aliphatic carbocycles. The molecule has 6 nitrogen and oxygen atoms in total. The maximum atomic E-state index is 12.8. The maximum absolute atomic E-state index is 12.8. The van der Waals surface area contributed by atoms with E-state index >= 15 is 0 Å². The van der Waals surface area contributed by atoms with Crippen molar-refractivity contribution in [3.8, 4) is 11.6 Å². The molecule has 1 atom stereocenters. The first-order valence-corrected chi connectivity index (χ1v) is 6.99. The predicted molar refractivity (Wildman–Crippen MR) is 82.4 cm³/mol. The van der Waals surface area contributed by atoms with Gasteiger partial charge >= 0.3 is 0 Å². The number of hydrogen-bond donors (Lipinski definition) is 2. The van der Waals surface area contributed by atoms with Gasteiger partial charge in [0.05, 0.1) is 6.61 Å². The van der Waals surface area contributed by atoms with Crippen LogP contribution in [0.3, 0.4) is 0 Å². The zero-order valence-corrected chi connectivity index (χ0v) is 12.7. The zero-order valence-electron chi connectivity index (χ0n) is 12.7. The van der Waals surface area contributed by atoms with Gasteiger partial charge in [-0.3, -0.25) is 4.79 Å². The van der Waals surface area contributed by atoms with E-state index in [2.05, 4.69) is 10.3 Å². The molecule has 0 aliphatic heterocycles. The average Bonchev–Trinajstić information content (AvgIpc) is 2.56. The van der Waals surface area contributed by atoms with E-state index in [1.807, 2.05) is 0 Å². The molecule has 122 valence electrons. The van der Waals surface area contributed by atoms with E-state index in [1.165, 1.54) is 31.4 Å². The van der Waals surface area contributed by atoms with Crippen LogP contribution in [0.25, 0.3) is 0 Å². The number of pyridine rings is 1. The molecule has 0 aliphatic rings. The molecule has 23 heavy (non-hydrogen) atoms. The summed E-state index contributed by atoms with van der Waals surface area (Å²) in [5.74, 6) is 0.245. The standard InChI is InChI=1S/C16H18FN3O3/c1-22-10-14(18)16(21)20-9-11-2-7-15(19-8-11)23-13-5-3-12(17)4-6-13/h2-8,14H,9-10,18H2,1H3,(H,20,21). The first kappa shape index (κ1) is 16.9. The van der Waals surface area contributed by atoms with Crippen LogP contribution in [-0.2, 0) is 16.1 Å². The van der Waals surface area contributed by atoms with Gasteiger partial charge in [0, 0.05) is 25.9 Å². The quantitative estimate of drug-likeness (QED) is 0.809. The number of ether oxygens (including phenoxy) is 2. The summed E-state index contributed by atoms with van der Waals surface area (Å²) in [5.41, 5.74) is 6.41. The number of carbonyl (C=O) groups is 1. The second-order valence-electron chi connectivity index (χ2n) is 4.84. The van der Waals surface area contributed by atoms with Crippen LogP contribution in [-0.4, -0.2) is 30.6 Å². The highest BCUT2D eigenvalue weighted by atomic mass is 19.1. The molecule has 1 amide bonds. The lowest BCUT2D eigenvalue weighted by Crippen LogP contribution is -2.43. The van der Waals surface area contributed by atoms with Crippen LogP contribution >= 0.6 is 0 Å². The van der Waals surface area contributed by atoms with Crippen LogP contribution in [0.15, 0.2) is 42.6 Å². The van der Waals surface area contributed by atoms with Crippen LogP contribution in [0.1, 0.15) is 5.56 Å². The fourth-order valence-electron chi connectivity index (χ4n) is 1.77. The Morgan fingerprint density at radius 1 is 1.30 bits per heavy atom. The van der Waals surface area contributed by atoms with Gasteiger partial charge in [-0.15, -0.1) is 0 Å². The Morgan fingerprint density at radius 2 is 2.04 bits per heavy atom. The molecular weight excluding hydrogens is 301 g/mol. The second kappa shape index (κ2) is 8.21. The van der Waals surface area contributed by atoms with E-state index in [-0.39, 0.29) is 18.3 Å². The number of methoxy groups -OCH3 is 1. The van der Waals surface area contributed by atoms with Crippen molar-refractivity contribution in [1.82, 2.24) is 10.3 Å². The summed E-state index contributed by atoms with van der Waals surface area (Å²) in [6.45, 7) is 0.467. The summed E-state index contributed by atoms with van der Waals surface area (Å²) in [6, 6.07) is 8.39. The van der Waals surface area contributed by atoms with E-state index in [1.54, 1.807) is 18.3 Å². The summed E-state index contributed by atoms with van der Waals surface area (Å²) >= 11 is 0. The number of hydrogen-bond acceptors (Lipinski definition) is 5. The summed E-state index contributed by atoms with van der Waals surface area (Å²) in [5, 5.41) is 2.69. The van der Waals surface area contributed by atoms with Crippen molar-refractivity contribution in [1.29, 1.82) is 0 Å². The SMILES string of the molecule is COCC(N)C(=O)NCc1ccc(Oc2ccc(F)cc2)nc1. The molecule has 7 heteroatoms. The van der Waals surface area contributed by atoms with Gasteiger partial charge in [0.25, 0.3) is 0 Å². The van der Waals surface area contributed by atoms with Crippen LogP contribution in [0.5, 0.6) is 11.6 Å². The third-order valence-electron chi connectivity index (χ3n) is 2.98. The van der Waals surface area contributed by atoms with Crippen molar-refractivity contribution in [2.75, 3.05) is 13.7 Å². The molecule has 1 aromatic carbocycles. The van der Waals surface area contributed by atoms with Crippen LogP contribution < -0.4 is 15.8 Å². The summed E-state index contributed by atoms with van der Waals surface area (Å²) in [6.07, 6.45) is 1.58. The Kier molecular flexibility index (Phi) is 6.02. The smallest absolute Gasteiger partial charge is 0.239 e. The maximum Gasteiger partial charge on any atom is 0.239 e. The third-order valence-corrected chi connectivity index (χ3v) is 2.98. The molecule has 0 saturated carbocycles. The molecule has 2 rings (SSSR count). The highest BCUT2D eigenvalue weighted by molar-refractivity contribution is 5.81. The van der Waals surface area contributed by atoms with Gasteiger partial charge in [-0.05, 0) is 29.8 Å². The number of halogens is 1. The molecule has 2 aromatic rings. The number of benzene rings is 1. The van der Waals surface area contributed by atoms with E-state index in [9.17, 15) is 9.18 Å². The number of aromatic nitrogens is 1. The average molecular weight is 319 g/mol. The molecule has 1 unspecified atom stereocenters. The highest BCUT2D eigenvalue weighted by Gasteiger charge is 2.12. The fraction of sp³-hybridized carbons (Fsp3) is 0.250. The Bertz CT molecular complexity index is 632. The monoisotopic (exact) mass is 319 g/mol. The van der Waals surface area contributed by atoms with E-state index in [0.717, 1.165) is 5.56 Å². The van der Waals surface area contributed by atoms with Crippen LogP contribution in [0, 0.1) is 5.82 Å². The Hall–Kier alpha value is -2.51. The third kappa shape index (κ3) is 5.32. The molecule has 0 bridgehead atoms. The summed E-state index contributed by atoms with van der Waals surface area (Å²) in [7, 11) is 1.48. The molecule has 0 fully saturated rings. The lowest BCUT2D eigenvalue weighted by atomic mass is 10.2. The molecule has 0 radical (unpaired) electrons. The van der Waals surface area contributed by atoms with Gasteiger partial charge in [-0.25, -0.2) is 9.37 Å². The van der Waals surface area contributed by atoms with Crippen LogP contribution in [0.2, 0.25) is 0 Å². The number of nitrogens with two attached hydrogens (primary N) is 1. The largest absolute Gasteiger partial charge is 0.439 e. The molecule has 0 spiro atoms. The van der Waals surface area contributed by atoms with Crippen molar-refractivity contribution < 1.29 is 18.7 Å². The number of carbonyl (C=O) groups excluding carboxylic acids is 1. The molecule has 1 heterocycles. The minimum absolute atomic E-state index is 0.161. The van der Waals surface area contributed by atoms with E-state index in [0.29, 0.717) is 18.2 Å². The Labute approximate surface area is 133 Å². The minimum Gasteiger partial charge on any atom is -0.439 e. The fourth-order valence-corrected chi connectivity index (χ4v) is 1.77. The lowest BCUT2D eigenvalue weighted by molar-refractivity contribution is -0.123. The van der Waals surface area contributed by atoms with Gasteiger partial charge in [0.2, 0.25) is 11.8 Å². The van der Waals surface area contributed by atoms with Gasteiger partial charge in [0.15, 0.2) is 0 Å². The normalized spacial score (nSPS) is 11.8. The summed E-state index contributed by atoms with van der Waals surface area (Å²) in [4.78, 5) is 15.8. The Morgan fingerprint density at radius 3 is 2.65 bits per heavy atom. The van der Waals surface area contributed by atoms with Crippen molar-refractivity contribution in [3.63, 3.8) is 0 Å². The molecule has 1 aromatic heterocycles.